The maximum Gasteiger partial charge on any atom is 0.255 e. The zero-order valence-corrected chi connectivity index (χ0v) is 20.0. The molecular formula is C27H30N6O. The van der Waals surface area contributed by atoms with E-state index < -0.39 is 0 Å². The Hall–Kier alpha value is -3.45. The zero-order valence-electron chi connectivity index (χ0n) is 20.0. The standard InChI is InChI=1S/C27H30N6O/c1-18-15-33-26(19(2)28-18)14-24(29-33)20-5-4-6-22-7-8-23(17-32(22)27(34)13-20)31-12-10-25-21(16-31)9-11-30(25)3/h4-8,13-15,17,21,25H,9-12,16H2,1-3H3/b5-4+,20-13+,22-6+. The summed E-state index contributed by atoms with van der Waals surface area (Å²) in [5, 5.41) is 4.72. The summed E-state index contributed by atoms with van der Waals surface area (Å²) < 4.78 is 1.85. The molecule has 6 heterocycles. The molecule has 7 heteroatoms. The number of hydrogen-bond donors (Lipinski definition) is 0. The number of piperidine rings is 1. The van der Waals surface area contributed by atoms with Gasteiger partial charge in [-0.3, -0.25) is 14.7 Å². The molecule has 2 unspecified atom stereocenters. The van der Waals surface area contributed by atoms with Crippen molar-refractivity contribution in [3.63, 3.8) is 0 Å². The van der Waals surface area contributed by atoms with Crippen LogP contribution in [0.4, 0.5) is 0 Å². The quantitative estimate of drug-likeness (QED) is 0.696. The summed E-state index contributed by atoms with van der Waals surface area (Å²) in [6.07, 6.45) is 18.2. The molecule has 0 aromatic carbocycles. The fourth-order valence-electron chi connectivity index (χ4n) is 5.76. The van der Waals surface area contributed by atoms with E-state index in [1.807, 2.05) is 61.1 Å². The fraction of sp³-hybridized carbons (Fsp3) is 0.370. The number of aromatic nitrogens is 3. The first-order chi connectivity index (χ1) is 16.5. The van der Waals surface area contributed by atoms with Crippen molar-refractivity contribution in [1.29, 1.82) is 0 Å². The van der Waals surface area contributed by atoms with Crippen molar-refractivity contribution in [1.82, 2.24) is 29.3 Å². The van der Waals surface area contributed by atoms with E-state index in [1.165, 1.54) is 19.4 Å². The van der Waals surface area contributed by atoms with Gasteiger partial charge < -0.3 is 9.80 Å². The summed E-state index contributed by atoms with van der Waals surface area (Å²) >= 11 is 0. The van der Waals surface area contributed by atoms with Crippen LogP contribution in [0, 0.1) is 19.8 Å². The van der Waals surface area contributed by atoms with Crippen molar-refractivity contribution < 1.29 is 4.79 Å². The van der Waals surface area contributed by atoms with Gasteiger partial charge in [0, 0.05) is 42.7 Å². The van der Waals surface area contributed by atoms with E-state index in [1.54, 1.807) is 11.0 Å². The van der Waals surface area contributed by atoms with E-state index in [0.29, 0.717) is 12.0 Å². The largest absolute Gasteiger partial charge is 0.370 e. The van der Waals surface area contributed by atoms with Gasteiger partial charge in [-0.1, -0.05) is 12.2 Å². The number of rotatable bonds is 2. The molecule has 2 fully saturated rings. The van der Waals surface area contributed by atoms with Crippen molar-refractivity contribution in [3.8, 4) is 0 Å². The molecule has 2 saturated heterocycles. The van der Waals surface area contributed by atoms with Crippen LogP contribution >= 0.6 is 0 Å². The van der Waals surface area contributed by atoms with E-state index >= 15 is 0 Å². The number of carbonyl (C=O) groups excluding carboxylic acids is 1. The lowest BCUT2D eigenvalue weighted by molar-refractivity contribution is -0.122. The van der Waals surface area contributed by atoms with Gasteiger partial charge in [-0.2, -0.15) is 5.10 Å². The topological polar surface area (TPSA) is 57.0 Å². The molecule has 174 valence electrons. The highest BCUT2D eigenvalue weighted by atomic mass is 16.2. The Balaban J connectivity index is 1.29. The molecule has 0 aliphatic carbocycles. The molecule has 2 aromatic heterocycles. The molecule has 4 aliphatic rings. The second kappa shape index (κ2) is 8.09. The molecule has 0 bridgehead atoms. The number of hydrogen-bond acceptors (Lipinski definition) is 5. The second-order valence-corrected chi connectivity index (χ2v) is 9.80. The minimum Gasteiger partial charge on any atom is -0.370 e. The lowest BCUT2D eigenvalue weighted by Gasteiger charge is -2.40. The third-order valence-electron chi connectivity index (χ3n) is 7.56. The number of fused-ring (bicyclic) bond motifs is 3. The Bertz CT molecular complexity index is 1330. The van der Waals surface area contributed by atoms with Crippen LogP contribution in [0.15, 0.2) is 66.3 Å². The Morgan fingerprint density at radius 1 is 1.06 bits per heavy atom. The summed E-state index contributed by atoms with van der Waals surface area (Å²) in [6, 6.07) is 2.70. The van der Waals surface area contributed by atoms with Crippen LogP contribution in [-0.2, 0) is 4.79 Å². The molecule has 34 heavy (non-hydrogen) atoms. The van der Waals surface area contributed by atoms with Crippen LogP contribution in [0.25, 0.3) is 11.1 Å². The second-order valence-electron chi connectivity index (χ2n) is 9.80. The molecule has 6 rings (SSSR count). The Morgan fingerprint density at radius 2 is 1.91 bits per heavy atom. The van der Waals surface area contributed by atoms with Gasteiger partial charge in [-0.15, -0.1) is 0 Å². The molecule has 4 aliphatic heterocycles. The molecule has 2 aromatic rings. The zero-order chi connectivity index (χ0) is 23.4. The van der Waals surface area contributed by atoms with Crippen LogP contribution < -0.4 is 0 Å². The summed E-state index contributed by atoms with van der Waals surface area (Å²) in [4.78, 5) is 24.6. The fourth-order valence-corrected chi connectivity index (χ4v) is 5.76. The number of amides is 1. The van der Waals surface area contributed by atoms with Crippen molar-refractivity contribution in [2.24, 2.45) is 5.92 Å². The third kappa shape index (κ3) is 3.60. The van der Waals surface area contributed by atoms with E-state index in [0.717, 1.165) is 52.7 Å². The van der Waals surface area contributed by atoms with Crippen molar-refractivity contribution in [3.05, 3.63) is 83.4 Å². The number of likely N-dealkylation sites (tertiary alicyclic amines) is 2. The lowest BCUT2D eigenvalue weighted by Crippen LogP contribution is -2.44. The van der Waals surface area contributed by atoms with Crippen molar-refractivity contribution in [2.75, 3.05) is 26.7 Å². The predicted octanol–water partition coefficient (Wildman–Crippen LogP) is 3.45. The van der Waals surface area contributed by atoms with Gasteiger partial charge >= 0.3 is 0 Å². The predicted molar refractivity (Wildman–Crippen MR) is 132 cm³/mol. The molecule has 0 radical (unpaired) electrons. The van der Waals surface area contributed by atoms with E-state index in [2.05, 4.69) is 27.9 Å². The minimum absolute atomic E-state index is 0.0639. The van der Waals surface area contributed by atoms with Gasteiger partial charge in [0.05, 0.1) is 34.5 Å². The molecular weight excluding hydrogens is 424 g/mol. The van der Waals surface area contributed by atoms with E-state index in [-0.39, 0.29) is 5.91 Å². The molecule has 0 saturated carbocycles. The number of nitrogens with zero attached hydrogens (tertiary/aromatic N) is 6. The Kier molecular flexibility index (Phi) is 5.03. The monoisotopic (exact) mass is 454 g/mol. The molecule has 2 atom stereocenters. The lowest BCUT2D eigenvalue weighted by atomic mass is 9.92. The van der Waals surface area contributed by atoms with Crippen LogP contribution in [0.3, 0.4) is 0 Å². The first-order valence-electron chi connectivity index (χ1n) is 12.1. The maximum atomic E-state index is 13.4. The van der Waals surface area contributed by atoms with Crippen LogP contribution in [0.5, 0.6) is 0 Å². The first kappa shape index (κ1) is 21.1. The first-order valence-corrected chi connectivity index (χ1v) is 12.1. The number of allylic oxidation sites excluding steroid dienone is 6. The summed E-state index contributed by atoms with van der Waals surface area (Å²) in [7, 11) is 2.25. The van der Waals surface area contributed by atoms with Crippen LogP contribution in [0.1, 0.15) is 29.9 Å². The smallest absolute Gasteiger partial charge is 0.255 e. The number of carbonyl (C=O) groups is 1. The summed E-state index contributed by atoms with van der Waals surface area (Å²) in [5.74, 6) is 0.644. The average Bonchev–Trinajstić information content (AvgIpc) is 3.40. The summed E-state index contributed by atoms with van der Waals surface area (Å²) in [5.41, 5.74) is 6.33. The minimum atomic E-state index is -0.0639. The highest BCUT2D eigenvalue weighted by Gasteiger charge is 2.37. The van der Waals surface area contributed by atoms with Gasteiger partial charge in [-0.25, -0.2) is 4.52 Å². The van der Waals surface area contributed by atoms with E-state index in [4.69, 9.17) is 5.10 Å². The van der Waals surface area contributed by atoms with Gasteiger partial charge in [0.1, 0.15) is 0 Å². The highest BCUT2D eigenvalue weighted by molar-refractivity contribution is 5.99. The summed E-state index contributed by atoms with van der Waals surface area (Å²) in [6.45, 7) is 7.21. The van der Waals surface area contributed by atoms with Crippen molar-refractivity contribution >= 4 is 17.0 Å². The van der Waals surface area contributed by atoms with Gasteiger partial charge in [-0.05, 0) is 70.5 Å². The van der Waals surface area contributed by atoms with Gasteiger partial charge in [0.2, 0.25) is 0 Å². The maximum absolute atomic E-state index is 13.4. The highest BCUT2D eigenvalue weighted by Crippen LogP contribution is 2.33. The van der Waals surface area contributed by atoms with Gasteiger partial charge in [0.15, 0.2) is 0 Å². The molecule has 1 amide bonds. The van der Waals surface area contributed by atoms with Crippen molar-refractivity contribution in [2.45, 2.75) is 32.7 Å². The SMILES string of the molecule is Cc1cn2nc(C3=C\C(=O)N4C=C(N5CCC6C(CCN6C)C5)C=C\C4=C/C=C/3)cc2c(C)n1. The Morgan fingerprint density at radius 3 is 2.79 bits per heavy atom. The van der Waals surface area contributed by atoms with Gasteiger partial charge in [0.25, 0.3) is 5.91 Å². The molecule has 0 spiro atoms. The normalized spacial score (nSPS) is 29.0. The average molecular weight is 455 g/mol. The van der Waals surface area contributed by atoms with E-state index in [9.17, 15) is 4.79 Å². The molecule has 7 nitrogen and oxygen atoms in total. The number of aryl methyl sites for hydroxylation is 2. The Labute approximate surface area is 200 Å². The van der Waals surface area contributed by atoms with Crippen LogP contribution in [0.2, 0.25) is 0 Å². The third-order valence-corrected chi connectivity index (χ3v) is 7.56. The van der Waals surface area contributed by atoms with Crippen LogP contribution in [-0.4, -0.2) is 67.9 Å². The molecule has 0 N–H and O–H groups in total.